The second-order valence-electron chi connectivity index (χ2n) is 6.86. The SMILES string of the molecule is O=C(c1ccc(Cn2cccn2)o1)N1CCCN(CC2CC2)CC1. The van der Waals surface area contributed by atoms with Gasteiger partial charge in [0.1, 0.15) is 5.76 Å². The van der Waals surface area contributed by atoms with Crippen molar-refractivity contribution in [3.8, 4) is 0 Å². The van der Waals surface area contributed by atoms with Gasteiger partial charge in [0, 0.05) is 38.6 Å². The molecule has 6 nitrogen and oxygen atoms in total. The summed E-state index contributed by atoms with van der Waals surface area (Å²) in [5.41, 5.74) is 0. The summed E-state index contributed by atoms with van der Waals surface area (Å²) in [6, 6.07) is 5.53. The highest BCUT2D eigenvalue weighted by Crippen LogP contribution is 2.30. The normalized spacial score (nSPS) is 19.4. The highest BCUT2D eigenvalue weighted by atomic mass is 16.4. The molecule has 128 valence electrons. The van der Waals surface area contributed by atoms with Gasteiger partial charge in [-0.2, -0.15) is 5.10 Å². The number of nitrogens with zero attached hydrogens (tertiary/aromatic N) is 4. The molecule has 4 rings (SSSR count). The van der Waals surface area contributed by atoms with Gasteiger partial charge in [-0.15, -0.1) is 0 Å². The molecule has 24 heavy (non-hydrogen) atoms. The molecule has 2 fully saturated rings. The van der Waals surface area contributed by atoms with Gasteiger partial charge in [0.25, 0.3) is 5.91 Å². The first-order valence-electron chi connectivity index (χ1n) is 8.86. The molecule has 1 aliphatic heterocycles. The monoisotopic (exact) mass is 328 g/mol. The van der Waals surface area contributed by atoms with Gasteiger partial charge >= 0.3 is 0 Å². The Kier molecular flexibility index (Phi) is 4.38. The van der Waals surface area contributed by atoms with E-state index in [0.717, 1.165) is 44.3 Å². The average Bonchev–Trinajstić information content (AvgIpc) is 3.12. The van der Waals surface area contributed by atoms with Gasteiger partial charge in [-0.3, -0.25) is 9.48 Å². The smallest absolute Gasteiger partial charge is 0.289 e. The summed E-state index contributed by atoms with van der Waals surface area (Å²) >= 11 is 0. The molecule has 2 aromatic rings. The van der Waals surface area contributed by atoms with Gasteiger partial charge in [0.2, 0.25) is 0 Å². The van der Waals surface area contributed by atoms with E-state index in [1.807, 2.05) is 23.2 Å². The molecule has 0 spiro atoms. The molecular formula is C18H24N4O2. The first-order chi connectivity index (χ1) is 11.8. The largest absolute Gasteiger partial charge is 0.454 e. The quantitative estimate of drug-likeness (QED) is 0.843. The van der Waals surface area contributed by atoms with Crippen LogP contribution in [0.1, 0.15) is 35.6 Å². The molecule has 1 aliphatic carbocycles. The van der Waals surface area contributed by atoms with Crippen molar-refractivity contribution in [2.45, 2.75) is 25.8 Å². The summed E-state index contributed by atoms with van der Waals surface area (Å²) < 4.78 is 7.54. The molecule has 0 N–H and O–H groups in total. The van der Waals surface area contributed by atoms with E-state index in [-0.39, 0.29) is 5.91 Å². The minimum atomic E-state index is 0.00925. The Morgan fingerprint density at radius 3 is 2.92 bits per heavy atom. The minimum Gasteiger partial charge on any atom is -0.454 e. The van der Waals surface area contributed by atoms with Crippen molar-refractivity contribution in [2.75, 3.05) is 32.7 Å². The number of carbonyl (C=O) groups is 1. The highest BCUT2D eigenvalue weighted by Gasteiger charge is 2.27. The van der Waals surface area contributed by atoms with Crippen LogP contribution in [0, 0.1) is 5.92 Å². The lowest BCUT2D eigenvalue weighted by Gasteiger charge is -2.21. The number of furan rings is 1. The van der Waals surface area contributed by atoms with Crippen LogP contribution < -0.4 is 0 Å². The minimum absolute atomic E-state index is 0.00925. The Balaban J connectivity index is 1.35. The summed E-state index contributed by atoms with van der Waals surface area (Å²) in [6.07, 6.45) is 7.42. The predicted molar refractivity (Wildman–Crippen MR) is 89.7 cm³/mol. The topological polar surface area (TPSA) is 54.5 Å². The van der Waals surface area contributed by atoms with Crippen molar-refractivity contribution in [3.05, 3.63) is 42.1 Å². The summed E-state index contributed by atoms with van der Waals surface area (Å²) in [5, 5.41) is 4.16. The fourth-order valence-corrected chi connectivity index (χ4v) is 3.31. The molecule has 0 unspecified atom stereocenters. The third kappa shape index (κ3) is 3.70. The number of aromatic nitrogens is 2. The molecule has 6 heteroatoms. The Labute approximate surface area is 142 Å². The van der Waals surface area contributed by atoms with Crippen LogP contribution in [0.15, 0.2) is 35.0 Å². The van der Waals surface area contributed by atoms with Gasteiger partial charge in [-0.1, -0.05) is 0 Å². The van der Waals surface area contributed by atoms with E-state index in [0.29, 0.717) is 12.3 Å². The predicted octanol–water partition coefficient (Wildman–Crippen LogP) is 2.08. The van der Waals surface area contributed by atoms with Gasteiger partial charge in [-0.05, 0) is 49.9 Å². The summed E-state index contributed by atoms with van der Waals surface area (Å²) in [7, 11) is 0. The van der Waals surface area contributed by atoms with Gasteiger partial charge in [0.05, 0.1) is 6.54 Å². The van der Waals surface area contributed by atoms with E-state index in [4.69, 9.17) is 4.42 Å². The Bertz CT molecular complexity index is 675. The summed E-state index contributed by atoms with van der Waals surface area (Å²) in [5.74, 6) is 2.11. The Morgan fingerprint density at radius 1 is 1.21 bits per heavy atom. The van der Waals surface area contributed by atoms with Crippen LogP contribution in [0.4, 0.5) is 0 Å². The maximum Gasteiger partial charge on any atom is 0.289 e. The van der Waals surface area contributed by atoms with E-state index in [2.05, 4.69) is 10.00 Å². The van der Waals surface area contributed by atoms with Crippen LogP contribution in [0.5, 0.6) is 0 Å². The molecule has 2 aromatic heterocycles. The van der Waals surface area contributed by atoms with Gasteiger partial charge < -0.3 is 14.2 Å². The first-order valence-corrected chi connectivity index (χ1v) is 8.86. The highest BCUT2D eigenvalue weighted by molar-refractivity contribution is 5.91. The molecule has 0 radical (unpaired) electrons. The van der Waals surface area contributed by atoms with Crippen LogP contribution in [0.25, 0.3) is 0 Å². The number of carbonyl (C=O) groups excluding carboxylic acids is 1. The maximum absolute atomic E-state index is 12.7. The zero-order chi connectivity index (χ0) is 16.4. The fraction of sp³-hybridized carbons (Fsp3) is 0.556. The number of hydrogen-bond acceptors (Lipinski definition) is 4. The summed E-state index contributed by atoms with van der Waals surface area (Å²) in [6.45, 7) is 5.44. The Hall–Kier alpha value is -2.08. The molecular weight excluding hydrogens is 304 g/mol. The molecule has 1 saturated heterocycles. The van der Waals surface area contributed by atoms with Crippen molar-refractivity contribution in [1.29, 1.82) is 0 Å². The van der Waals surface area contributed by atoms with Crippen LogP contribution in [0.3, 0.4) is 0 Å². The molecule has 0 atom stereocenters. The third-order valence-corrected chi connectivity index (χ3v) is 4.84. The molecule has 3 heterocycles. The van der Waals surface area contributed by atoms with Crippen molar-refractivity contribution in [3.63, 3.8) is 0 Å². The van der Waals surface area contributed by atoms with E-state index in [1.165, 1.54) is 19.4 Å². The standard InChI is InChI=1S/C18H24N4O2/c23-18(17-6-5-16(24-17)14-22-10-1-7-19-22)21-9-2-8-20(11-12-21)13-15-3-4-15/h1,5-7,10,15H,2-4,8-9,11-14H2. The molecule has 1 saturated carbocycles. The molecule has 2 aliphatic rings. The van der Waals surface area contributed by atoms with Crippen molar-refractivity contribution < 1.29 is 9.21 Å². The van der Waals surface area contributed by atoms with Gasteiger partial charge in [-0.25, -0.2) is 0 Å². The van der Waals surface area contributed by atoms with E-state index >= 15 is 0 Å². The fourth-order valence-electron chi connectivity index (χ4n) is 3.31. The van der Waals surface area contributed by atoms with Crippen LogP contribution in [-0.4, -0.2) is 58.2 Å². The van der Waals surface area contributed by atoms with E-state index < -0.39 is 0 Å². The maximum atomic E-state index is 12.7. The lowest BCUT2D eigenvalue weighted by Crippen LogP contribution is -2.35. The average molecular weight is 328 g/mol. The molecule has 0 aromatic carbocycles. The van der Waals surface area contributed by atoms with Crippen LogP contribution >= 0.6 is 0 Å². The lowest BCUT2D eigenvalue weighted by molar-refractivity contribution is 0.0727. The zero-order valence-corrected chi connectivity index (χ0v) is 13.9. The van der Waals surface area contributed by atoms with Crippen molar-refractivity contribution >= 4 is 5.91 Å². The van der Waals surface area contributed by atoms with Crippen molar-refractivity contribution in [2.24, 2.45) is 5.92 Å². The first kappa shape index (κ1) is 15.4. The number of amides is 1. The lowest BCUT2D eigenvalue weighted by atomic mass is 10.3. The van der Waals surface area contributed by atoms with E-state index in [9.17, 15) is 4.79 Å². The van der Waals surface area contributed by atoms with E-state index in [1.54, 1.807) is 16.9 Å². The number of rotatable bonds is 5. The molecule has 1 amide bonds. The zero-order valence-electron chi connectivity index (χ0n) is 13.9. The number of hydrogen-bond donors (Lipinski definition) is 0. The Morgan fingerprint density at radius 2 is 2.12 bits per heavy atom. The van der Waals surface area contributed by atoms with Gasteiger partial charge in [0.15, 0.2) is 5.76 Å². The summed E-state index contributed by atoms with van der Waals surface area (Å²) in [4.78, 5) is 17.1. The second-order valence-corrected chi connectivity index (χ2v) is 6.86. The third-order valence-electron chi connectivity index (χ3n) is 4.84. The van der Waals surface area contributed by atoms with Crippen LogP contribution in [0.2, 0.25) is 0 Å². The molecule has 0 bridgehead atoms. The second kappa shape index (κ2) is 6.81. The van der Waals surface area contributed by atoms with Crippen LogP contribution in [-0.2, 0) is 6.54 Å². The van der Waals surface area contributed by atoms with Crippen molar-refractivity contribution in [1.82, 2.24) is 19.6 Å².